The number of carbonyl (C=O) groups excluding carboxylic acids is 1. The van der Waals surface area contributed by atoms with E-state index in [-0.39, 0.29) is 5.91 Å². The maximum Gasteiger partial charge on any atom is 0.227 e. The maximum absolute atomic E-state index is 12.0. The lowest BCUT2D eigenvalue weighted by atomic mass is 10.1. The third-order valence-electron chi connectivity index (χ3n) is 4.17. The molecule has 1 heterocycles. The van der Waals surface area contributed by atoms with Crippen molar-refractivity contribution in [2.24, 2.45) is 0 Å². The Labute approximate surface area is 163 Å². The molecule has 7 nitrogen and oxygen atoms in total. The fraction of sp³-hybridized carbons (Fsp3) is 0.286. The fourth-order valence-corrected chi connectivity index (χ4v) is 2.68. The van der Waals surface area contributed by atoms with Crippen LogP contribution in [0.15, 0.2) is 53.1 Å². The van der Waals surface area contributed by atoms with Gasteiger partial charge >= 0.3 is 0 Å². The Kier molecular flexibility index (Phi) is 6.62. The van der Waals surface area contributed by atoms with E-state index in [4.69, 9.17) is 15.0 Å². The van der Waals surface area contributed by atoms with E-state index in [2.05, 4.69) is 15.5 Å². The van der Waals surface area contributed by atoms with Crippen LogP contribution in [0.4, 0.5) is 5.69 Å². The molecule has 0 aliphatic carbocycles. The maximum atomic E-state index is 12.0. The molecule has 0 atom stereocenters. The number of aryl methyl sites for hydroxylation is 1. The second kappa shape index (κ2) is 9.55. The number of carbonyl (C=O) groups is 1. The lowest BCUT2D eigenvalue weighted by Gasteiger charge is -2.04. The quantitative estimate of drug-likeness (QED) is 0.553. The Morgan fingerprint density at radius 1 is 1.11 bits per heavy atom. The first-order valence-corrected chi connectivity index (χ1v) is 9.31. The molecule has 0 saturated heterocycles. The topological polar surface area (TPSA) is 103 Å². The average Bonchev–Trinajstić information content (AvgIpc) is 3.18. The first-order chi connectivity index (χ1) is 13.6. The molecule has 0 aliphatic heterocycles. The highest BCUT2D eigenvalue weighted by Gasteiger charge is 2.11. The van der Waals surface area contributed by atoms with Gasteiger partial charge in [-0.1, -0.05) is 17.3 Å². The van der Waals surface area contributed by atoms with Gasteiger partial charge < -0.3 is 20.3 Å². The summed E-state index contributed by atoms with van der Waals surface area (Å²) < 4.78 is 10.7. The number of rotatable bonds is 9. The summed E-state index contributed by atoms with van der Waals surface area (Å²) in [6.07, 6.45) is 1.46. The van der Waals surface area contributed by atoms with Crippen LogP contribution in [0.3, 0.4) is 0 Å². The Hall–Kier alpha value is -3.35. The summed E-state index contributed by atoms with van der Waals surface area (Å²) in [5.74, 6) is 1.70. The Balaban J connectivity index is 1.43. The van der Waals surface area contributed by atoms with Crippen LogP contribution in [0, 0.1) is 0 Å². The van der Waals surface area contributed by atoms with Crippen LogP contribution in [0.2, 0.25) is 0 Å². The molecule has 3 rings (SSSR count). The predicted molar refractivity (Wildman–Crippen MR) is 107 cm³/mol. The van der Waals surface area contributed by atoms with Crippen molar-refractivity contribution >= 4 is 11.6 Å². The zero-order chi connectivity index (χ0) is 19.8. The van der Waals surface area contributed by atoms with E-state index >= 15 is 0 Å². The number of nitrogens with two attached hydrogens (primary N) is 1. The molecule has 3 N–H and O–H groups in total. The summed E-state index contributed by atoms with van der Waals surface area (Å²) in [6.45, 7) is 3.13. The van der Waals surface area contributed by atoms with Gasteiger partial charge in [-0.15, -0.1) is 0 Å². The number of anilines is 1. The standard InChI is InChI=1S/C21H24N4O3/c1-2-27-18-9-5-16(6-10-18)21-24-20(28-25-21)12-11-19(26)23-14-13-15-3-7-17(22)8-4-15/h3-10H,2,11-14,22H2,1H3,(H,23,26). The largest absolute Gasteiger partial charge is 0.494 e. The molecule has 1 aromatic heterocycles. The molecule has 0 saturated carbocycles. The minimum atomic E-state index is -0.0451. The predicted octanol–water partition coefficient (Wildman–Crippen LogP) is 3.01. The number of benzene rings is 2. The molecule has 0 bridgehead atoms. The molecule has 7 heteroatoms. The van der Waals surface area contributed by atoms with Crippen LogP contribution in [-0.2, 0) is 17.6 Å². The van der Waals surface area contributed by atoms with Crippen molar-refractivity contribution in [2.75, 3.05) is 18.9 Å². The Morgan fingerprint density at radius 2 is 1.86 bits per heavy atom. The first-order valence-electron chi connectivity index (χ1n) is 9.31. The number of hydrogen-bond donors (Lipinski definition) is 2. The molecule has 28 heavy (non-hydrogen) atoms. The first kappa shape index (κ1) is 19.4. The van der Waals surface area contributed by atoms with Gasteiger partial charge in [0.2, 0.25) is 17.6 Å². The van der Waals surface area contributed by atoms with E-state index in [0.29, 0.717) is 37.7 Å². The van der Waals surface area contributed by atoms with Crippen LogP contribution in [-0.4, -0.2) is 29.2 Å². The summed E-state index contributed by atoms with van der Waals surface area (Å²) in [6, 6.07) is 15.1. The molecular formula is C21H24N4O3. The van der Waals surface area contributed by atoms with Crippen LogP contribution in [0.5, 0.6) is 5.75 Å². The number of nitrogens with zero attached hydrogens (tertiary/aromatic N) is 2. The summed E-state index contributed by atoms with van der Waals surface area (Å²) in [5, 5.41) is 6.88. The highest BCUT2D eigenvalue weighted by Crippen LogP contribution is 2.20. The molecule has 146 valence electrons. The van der Waals surface area contributed by atoms with Gasteiger partial charge in [0, 0.05) is 30.6 Å². The van der Waals surface area contributed by atoms with Gasteiger partial charge in [0.25, 0.3) is 0 Å². The number of nitrogen functional groups attached to an aromatic ring is 1. The fourth-order valence-electron chi connectivity index (χ4n) is 2.68. The average molecular weight is 380 g/mol. The van der Waals surface area contributed by atoms with Crippen LogP contribution < -0.4 is 15.8 Å². The number of nitrogens with one attached hydrogen (secondary N) is 1. The van der Waals surface area contributed by atoms with Gasteiger partial charge in [0.05, 0.1) is 6.61 Å². The highest BCUT2D eigenvalue weighted by atomic mass is 16.5. The van der Waals surface area contributed by atoms with Crippen molar-refractivity contribution in [3.63, 3.8) is 0 Å². The van der Waals surface area contributed by atoms with Crippen LogP contribution in [0.1, 0.15) is 24.8 Å². The van der Waals surface area contributed by atoms with Crippen molar-refractivity contribution in [1.82, 2.24) is 15.5 Å². The lowest BCUT2D eigenvalue weighted by molar-refractivity contribution is -0.121. The summed E-state index contributed by atoms with van der Waals surface area (Å²) in [7, 11) is 0. The molecular weight excluding hydrogens is 356 g/mol. The van der Waals surface area contributed by atoms with Crippen molar-refractivity contribution in [1.29, 1.82) is 0 Å². The van der Waals surface area contributed by atoms with Crippen LogP contribution in [0.25, 0.3) is 11.4 Å². The minimum absolute atomic E-state index is 0.0451. The zero-order valence-electron chi connectivity index (χ0n) is 15.9. The second-order valence-electron chi connectivity index (χ2n) is 6.31. The smallest absolute Gasteiger partial charge is 0.227 e. The van der Waals surface area contributed by atoms with Crippen molar-refractivity contribution in [2.45, 2.75) is 26.2 Å². The van der Waals surface area contributed by atoms with Gasteiger partial charge in [0.15, 0.2) is 0 Å². The summed E-state index contributed by atoms with van der Waals surface area (Å²) in [5.41, 5.74) is 8.36. The van der Waals surface area contributed by atoms with Gasteiger partial charge in [-0.25, -0.2) is 0 Å². The van der Waals surface area contributed by atoms with E-state index in [1.54, 1.807) is 0 Å². The molecule has 3 aromatic rings. The third kappa shape index (κ3) is 5.57. The van der Waals surface area contributed by atoms with Gasteiger partial charge in [-0.3, -0.25) is 4.79 Å². The summed E-state index contributed by atoms with van der Waals surface area (Å²) in [4.78, 5) is 16.4. The molecule has 0 fully saturated rings. The molecule has 1 amide bonds. The van der Waals surface area contributed by atoms with Crippen molar-refractivity contribution in [3.8, 4) is 17.1 Å². The van der Waals surface area contributed by atoms with Gasteiger partial charge in [-0.2, -0.15) is 4.98 Å². The molecule has 2 aromatic carbocycles. The monoisotopic (exact) mass is 380 g/mol. The normalized spacial score (nSPS) is 10.6. The molecule has 0 radical (unpaired) electrons. The SMILES string of the molecule is CCOc1ccc(-c2noc(CCC(=O)NCCc3ccc(N)cc3)n2)cc1. The highest BCUT2D eigenvalue weighted by molar-refractivity contribution is 5.76. The second-order valence-corrected chi connectivity index (χ2v) is 6.31. The third-order valence-corrected chi connectivity index (χ3v) is 4.17. The van der Waals surface area contributed by atoms with Crippen molar-refractivity contribution in [3.05, 3.63) is 60.0 Å². The van der Waals surface area contributed by atoms with E-state index < -0.39 is 0 Å². The van der Waals surface area contributed by atoms with Gasteiger partial charge in [0.1, 0.15) is 5.75 Å². The van der Waals surface area contributed by atoms with E-state index in [1.807, 2.05) is 55.5 Å². The number of ether oxygens (including phenoxy) is 1. The molecule has 0 aliphatic rings. The number of amides is 1. The molecule has 0 unspecified atom stereocenters. The number of hydrogen-bond acceptors (Lipinski definition) is 6. The van der Waals surface area contributed by atoms with E-state index in [1.165, 1.54) is 0 Å². The minimum Gasteiger partial charge on any atom is -0.494 e. The number of aromatic nitrogens is 2. The van der Waals surface area contributed by atoms with E-state index in [0.717, 1.165) is 29.0 Å². The van der Waals surface area contributed by atoms with Crippen molar-refractivity contribution < 1.29 is 14.1 Å². The van der Waals surface area contributed by atoms with E-state index in [9.17, 15) is 4.79 Å². The Bertz CT molecular complexity index is 889. The van der Waals surface area contributed by atoms with Gasteiger partial charge in [-0.05, 0) is 55.3 Å². The summed E-state index contributed by atoms with van der Waals surface area (Å²) >= 11 is 0. The molecule has 0 spiro atoms. The Morgan fingerprint density at radius 3 is 2.57 bits per heavy atom. The zero-order valence-corrected chi connectivity index (χ0v) is 15.9. The lowest BCUT2D eigenvalue weighted by Crippen LogP contribution is -2.25. The van der Waals surface area contributed by atoms with Crippen LogP contribution >= 0.6 is 0 Å².